The fourth-order valence-corrected chi connectivity index (χ4v) is 2.94. The standard InChI is InChI=1S/C18H22N4O2/c1-3-15(12-8-10-13(11-9-12)24-4-2)19-22-18(23)17-14-6-5-7-16(14)20-21-17/h8-11H,3-7H2,1-2H3,(H,20,21)(H,22,23)/b19-15-. The van der Waals surface area contributed by atoms with Gasteiger partial charge in [-0.1, -0.05) is 6.92 Å². The zero-order valence-corrected chi connectivity index (χ0v) is 14.1. The largest absolute Gasteiger partial charge is 0.494 e. The molecular formula is C18H22N4O2. The number of aryl methyl sites for hydroxylation is 1. The number of carbonyl (C=O) groups is 1. The van der Waals surface area contributed by atoms with Crippen LogP contribution in [0.3, 0.4) is 0 Å². The minimum Gasteiger partial charge on any atom is -0.494 e. The van der Waals surface area contributed by atoms with Crippen LogP contribution in [-0.2, 0) is 12.8 Å². The van der Waals surface area contributed by atoms with Gasteiger partial charge in [0, 0.05) is 11.3 Å². The van der Waals surface area contributed by atoms with E-state index in [1.165, 1.54) is 0 Å². The molecule has 0 aliphatic heterocycles. The highest BCUT2D eigenvalue weighted by atomic mass is 16.5. The molecule has 0 spiro atoms. The van der Waals surface area contributed by atoms with Crippen molar-refractivity contribution in [1.82, 2.24) is 15.6 Å². The molecule has 24 heavy (non-hydrogen) atoms. The first-order chi connectivity index (χ1) is 11.7. The number of hydrogen-bond acceptors (Lipinski definition) is 4. The van der Waals surface area contributed by atoms with Crippen LogP contribution in [0.25, 0.3) is 0 Å². The number of rotatable bonds is 6. The van der Waals surface area contributed by atoms with Crippen LogP contribution in [0.2, 0.25) is 0 Å². The SMILES string of the molecule is CCOc1ccc(/C(CC)=N\NC(=O)c2n[nH]c3c2CCC3)cc1. The summed E-state index contributed by atoms with van der Waals surface area (Å²) >= 11 is 0. The van der Waals surface area contributed by atoms with E-state index in [2.05, 4.69) is 20.7 Å². The Labute approximate surface area is 141 Å². The predicted molar refractivity (Wildman–Crippen MR) is 92.5 cm³/mol. The van der Waals surface area contributed by atoms with Crippen LogP contribution in [0.4, 0.5) is 0 Å². The summed E-state index contributed by atoms with van der Waals surface area (Å²) in [6.45, 7) is 4.60. The van der Waals surface area contributed by atoms with Gasteiger partial charge in [0.1, 0.15) is 5.75 Å². The number of hydrogen-bond donors (Lipinski definition) is 2. The van der Waals surface area contributed by atoms with E-state index in [1.54, 1.807) is 0 Å². The van der Waals surface area contributed by atoms with E-state index in [1.807, 2.05) is 38.1 Å². The average Bonchev–Trinajstić information content (AvgIpc) is 3.20. The Kier molecular flexibility index (Phi) is 4.93. The maximum absolute atomic E-state index is 12.3. The number of fused-ring (bicyclic) bond motifs is 1. The zero-order valence-electron chi connectivity index (χ0n) is 14.1. The highest BCUT2D eigenvalue weighted by molar-refractivity contribution is 6.02. The zero-order chi connectivity index (χ0) is 16.9. The van der Waals surface area contributed by atoms with Crippen molar-refractivity contribution >= 4 is 11.6 Å². The van der Waals surface area contributed by atoms with E-state index in [4.69, 9.17) is 4.74 Å². The van der Waals surface area contributed by atoms with E-state index in [0.29, 0.717) is 18.7 Å². The lowest BCUT2D eigenvalue weighted by atomic mass is 10.1. The Morgan fingerprint density at radius 2 is 2.08 bits per heavy atom. The molecule has 0 fully saturated rings. The van der Waals surface area contributed by atoms with Gasteiger partial charge in [-0.05, 0) is 62.4 Å². The van der Waals surface area contributed by atoms with Gasteiger partial charge in [0.15, 0.2) is 5.69 Å². The molecule has 1 aliphatic carbocycles. The third-order valence-corrected chi connectivity index (χ3v) is 4.15. The van der Waals surface area contributed by atoms with Crippen LogP contribution in [-0.4, -0.2) is 28.4 Å². The molecule has 0 radical (unpaired) electrons. The number of aromatic amines is 1. The first kappa shape index (κ1) is 16.2. The molecule has 2 aromatic rings. The van der Waals surface area contributed by atoms with E-state index < -0.39 is 0 Å². The molecule has 0 saturated carbocycles. The van der Waals surface area contributed by atoms with Gasteiger partial charge in [0.25, 0.3) is 5.91 Å². The highest BCUT2D eigenvalue weighted by Gasteiger charge is 2.22. The van der Waals surface area contributed by atoms with Crippen LogP contribution in [0.15, 0.2) is 29.4 Å². The van der Waals surface area contributed by atoms with E-state index in [9.17, 15) is 4.79 Å². The van der Waals surface area contributed by atoms with Gasteiger partial charge in [0.2, 0.25) is 0 Å². The number of aromatic nitrogens is 2. The Hall–Kier alpha value is -2.63. The summed E-state index contributed by atoms with van der Waals surface area (Å²) in [5.74, 6) is 0.569. The Balaban J connectivity index is 1.72. The summed E-state index contributed by atoms with van der Waals surface area (Å²) in [6, 6.07) is 7.72. The van der Waals surface area contributed by atoms with Gasteiger partial charge in [0.05, 0.1) is 12.3 Å². The third kappa shape index (κ3) is 3.32. The number of nitrogens with zero attached hydrogens (tertiary/aromatic N) is 2. The molecule has 2 N–H and O–H groups in total. The van der Waals surface area contributed by atoms with E-state index in [-0.39, 0.29) is 5.91 Å². The molecule has 6 nitrogen and oxygen atoms in total. The van der Waals surface area contributed by atoms with Crippen LogP contribution >= 0.6 is 0 Å². The molecular weight excluding hydrogens is 304 g/mol. The summed E-state index contributed by atoms with van der Waals surface area (Å²) < 4.78 is 5.44. The van der Waals surface area contributed by atoms with Crippen molar-refractivity contribution in [3.8, 4) is 5.75 Å². The van der Waals surface area contributed by atoms with Crippen LogP contribution in [0.1, 0.15) is 54.0 Å². The lowest BCUT2D eigenvalue weighted by molar-refractivity contribution is 0.0949. The molecule has 0 atom stereocenters. The van der Waals surface area contributed by atoms with Crippen LogP contribution in [0, 0.1) is 0 Å². The third-order valence-electron chi connectivity index (χ3n) is 4.15. The lowest BCUT2D eigenvalue weighted by Crippen LogP contribution is -2.21. The topological polar surface area (TPSA) is 79.4 Å². The second kappa shape index (κ2) is 7.29. The molecule has 1 aromatic carbocycles. The Morgan fingerprint density at radius 3 is 2.79 bits per heavy atom. The van der Waals surface area contributed by atoms with E-state index >= 15 is 0 Å². The second-order valence-corrected chi connectivity index (χ2v) is 5.69. The van der Waals surface area contributed by atoms with Crippen molar-refractivity contribution in [3.63, 3.8) is 0 Å². The average molecular weight is 326 g/mol. The van der Waals surface area contributed by atoms with Gasteiger partial charge in [-0.3, -0.25) is 9.89 Å². The minimum absolute atomic E-state index is 0.258. The van der Waals surface area contributed by atoms with Gasteiger partial charge in [-0.25, -0.2) is 5.43 Å². The van der Waals surface area contributed by atoms with Crippen molar-refractivity contribution in [2.75, 3.05) is 6.61 Å². The fourth-order valence-electron chi connectivity index (χ4n) is 2.94. The monoisotopic (exact) mass is 326 g/mol. The van der Waals surface area contributed by atoms with Crippen molar-refractivity contribution in [3.05, 3.63) is 46.8 Å². The van der Waals surface area contributed by atoms with Crippen molar-refractivity contribution < 1.29 is 9.53 Å². The second-order valence-electron chi connectivity index (χ2n) is 5.69. The fraction of sp³-hybridized carbons (Fsp3) is 0.389. The lowest BCUT2D eigenvalue weighted by Gasteiger charge is -2.07. The minimum atomic E-state index is -0.258. The molecule has 0 saturated heterocycles. The number of hydrazone groups is 1. The molecule has 1 heterocycles. The number of carbonyl (C=O) groups excluding carboxylic acids is 1. The number of nitrogens with one attached hydrogen (secondary N) is 2. The Bertz CT molecular complexity index is 747. The molecule has 3 rings (SSSR count). The summed E-state index contributed by atoms with van der Waals surface area (Å²) in [7, 11) is 0. The van der Waals surface area contributed by atoms with Gasteiger partial charge >= 0.3 is 0 Å². The predicted octanol–water partition coefficient (Wildman–Crippen LogP) is 2.84. The Morgan fingerprint density at radius 1 is 1.29 bits per heavy atom. The number of ether oxygens (including phenoxy) is 1. The first-order valence-electron chi connectivity index (χ1n) is 8.39. The summed E-state index contributed by atoms with van der Waals surface area (Å²) in [6.07, 6.45) is 3.65. The smallest absolute Gasteiger partial charge is 0.292 e. The molecule has 126 valence electrons. The highest BCUT2D eigenvalue weighted by Crippen LogP contribution is 2.22. The summed E-state index contributed by atoms with van der Waals surface area (Å²) in [5.41, 5.74) is 6.99. The van der Waals surface area contributed by atoms with Gasteiger partial charge in [-0.2, -0.15) is 10.2 Å². The van der Waals surface area contributed by atoms with E-state index in [0.717, 1.165) is 47.5 Å². The molecule has 0 unspecified atom stereocenters. The van der Waals surface area contributed by atoms with Crippen molar-refractivity contribution in [2.45, 2.75) is 39.5 Å². The molecule has 1 aromatic heterocycles. The maximum Gasteiger partial charge on any atom is 0.292 e. The number of H-pyrrole nitrogens is 1. The van der Waals surface area contributed by atoms with Crippen molar-refractivity contribution in [2.24, 2.45) is 5.10 Å². The van der Waals surface area contributed by atoms with Gasteiger partial charge in [-0.15, -0.1) is 0 Å². The molecule has 0 bridgehead atoms. The first-order valence-corrected chi connectivity index (χ1v) is 8.39. The molecule has 1 amide bonds. The van der Waals surface area contributed by atoms with Crippen LogP contribution in [0.5, 0.6) is 5.75 Å². The van der Waals surface area contributed by atoms with Crippen molar-refractivity contribution in [1.29, 1.82) is 0 Å². The van der Waals surface area contributed by atoms with Gasteiger partial charge < -0.3 is 4.74 Å². The maximum atomic E-state index is 12.3. The normalized spacial score (nSPS) is 13.7. The quantitative estimate of drug-likeness (QED) is 0.633. The number of benzene rings is 1. The molecule has 1 aliphatic rings. The number of amides is 1. The summed E-state index contributed by atoms with van der Waals surface area (Å²) in [4.78, 5) is 12.3. The summed E-state index contributed by atoms with van der Waals surface area (Å²) in [5, 5.41) is 11.4. The van der Waals surface area contributed by atoms with Crippen LogP contribution < -0.4 is 10.2 Å². The molecule has 6 heteroatoms.